The van der Waals surface area contributed by atoms with Crippen LogP contribution in [0.1, 0.15) is 30.9 Å². The van der Waals surface area contributed by atoms with Gasteiger partial charge in [-0.05, 0) is 55.7 Å². The molecule has 0 aliphatic carbocycles. The molecule has 1 aliphatic rings. The Morgan fingerprint density at radius 3 is 2.66 bits per heavy atom. The summed E-state index contributed by atoms with van der Waals surface area (Å²) in [4.78, 5) is 2.14. The van der Waals surface area contributed by atoms with Crippen LogP contribution in [0.25, 0.3) is 10.8 Å². The number of piperidine rings is 1. The molecule has 0 unspecified atom stereocenters. The highest BCUT2D eigenvalue weighted by Gasteiger charge is 2.21. The highest BCUT2D eigenvalue weighted by molar-refractivity contribution is 6.32. The molecule has 0 spiro atoms. The number of fused-ring (bicyclic) bond motifs is 1. The maximum atomic E-state index is 9.82. The maximum absolute atomic E-state index is 9.82. The van der Waals surface area contributed by atoms with E-state index in [9.17, 15) is 10.4 Å². The summed E-state index contributed by atoms with van der Waals surface area (Å²) in [5.74, 6) is 2.05. The molecule has 1 aromatic heterocycles. The normalized spacial score (nSPS) is 14.0. The van der Waals surface area contributed by atoms with Crippen LogP contribution in [-0.4, -0.2) is 41.1 Å². The summed E-state index contributed by atoms with van der Waals surface area (Å²) in [7, 11) is 0. The van der Waals surface area contributed by atoms with Gasteiger partial charge in [-0.3, -0.25) is 0 Å². The third-order valence-corrected chi connectivity index (χ3v) is 5.70. The van der Waals surface area contributed by atoms with E-state index < -0.39 is 0 Å². The summed E-state index contributed by atoms with van der Waals surface area (Å²) >= 11 is 6.30. The fourth-order valence-electron chi connectivity index (χ4n) is 3.76. The highest BCUT2D eigenvalue weighted by Crippen LogP contribution is 2.32. The van der Waals surface area contributed by atoms with Crippen molar-refractivity contribution < 1.29 is 9.84 Å². The summed E-state index contributed by atoms with van der Waals surface area (Å²) in [5.41, 5.74) is 1.54. The van der Waals surface area contributed by atoms with Crippen molar-refractivity contribution in [2.24, 2.45) is 0 Å². The Bertz CT molecular complexity index is 1130. The van der Waals surface area contributed by atoms with Gasteiger partial charge in [0.2, 0.25) is 0 Å². The van der Waals surface area contributed by atoms with Crippen molar-refractivity contribution in [3.8, 4) is 11.8 Å². The van der Waals surface area contributed by atoms with Crippen LogP contribution in [0.4, 0.5) is 11.6 Å². The molecule has 2 heterocycles. The number of nitrogens with one attached hydrogen (secondary N) is 1. The van der Waals surface area contributed by atoms with Gasteiger partial charge in [-0.15, -0.1) is 22.6 Å². The van der Waals surface area contributed by atoms with Gasteiger partial charge in [0.15, 0.2) is 11.6 Å². The van der Waals surface area contributed by atoms with Crippen molar-refractivity contribution in [1.29, 1.82) is 5.26 Å². The van der Waals surface area contributed by atoms with E-state index in [0.29, 0.717) is 48.1 Å². The average Bonchev–Trinajstić information content (AvgIpc) is 2.79. The number of rotatable bonds is 6. The minimum Gasteiger partial charge on any atom is -0.492 e. The molecule has 0 radical (unpaired) electrons. The van der Waals surface area contributed by atoms with E-state index in [1.165, 1.54) is 0 Å². The number of hydrogen-bond donors (Lipinski definition) is 2. The van der Waals surface area contributed by atoms with Crippen LogP contribution in [0, 0.1) is 11.3 Å². The second-order valence-corrected chi connectivity index (χ2v) is 7.92. The molecule has 4 rings (SSSR count). The van der Waals surface area contributed by atoms with Crippen LogP contribution in [0.5, 0.6) is 5.75 Å². The fourth-order valence-corrected chi connectivity index (χ4v) is 4.02. The molecule has 7 nitrogen and oxygen atoms in total. The zero-order valence-corrected chi connectivity index (χ0v) is 19.3. The van der Waals surface area contributed by atoms with E-state index in [1.54, 1.807) is 6.07 Å². The molecule has 32 heavy (non-hydrogen) atoms. The van der Waals surface area contributed by atoms with Gasteiger partial charge in [-0.25, -0.2) is 0 Å². The van der Waals surface area contributed by atoms with Gasteiger partial charge >= 0.3 is 0 Å². The second-order valence-electron chi connectivity index (χ2n) is 7.51. The molecule has 9 heteroatoms. The number of halogens is 2. The second kappa shape index (κ2) is 10.7. The molecule has 0 bridgehead atoms. The lowest BCUT2D eigenvalue weighted by atomic mass is 10.1. The Morgan fingerprint density at radius 1 is 1.19 bits per heavy atom. The van der Waals surface area contributed by atoms with Gasteiger partial charge in [0, 0.05) is 30.4 Å². The van der Waals surface area contributed by atoms with Crippen LogP contribution in [-0.2, 0) is 6.54 Å². The van der Waals surface area contributed by atoms with Crippen molar-refractivity contribution in [2.45, 2.75) is 32.4 Å². The molecule has 1 aliphatic heterocycles. The summed E-state index contributed by atoms with van der Waals surface area (Å²) in [6, 6.07) is 13.4. The molecule has 0 amide bonds. The Morgan fingerprint density at radius 2 is 1.97 bits per heavy atom. The summed E-state index contributed by atoms with van der Waals surface area (Å²) in [6.45, 7) is 4.43. The Balaban J connectivity index is 0.00000289. The van der Waals surface area contributed by atoms with E-state index in [2.05, 4.69) is 26.5 Å². The Hall–Kier alpha value is -2.79. The van der Waals surface area contributed by atoms with Crippen molar-refractivity contribution in [3.63, 3.8) is 0 Å². The number of anilines is 2. The first kappa shape index (κ1) is 23.9. The first-order valence-corrected chi connectivity index (χ1v) is 10.8. The lowest BCUT2D eigenvalue weighted by Gasteiger charge is -2.31. The monoisotopic (exact) mass is 473 g/mol. The van der Waals surface area contributed by atoms with E-state index in [-0.39, 0.29) is 18.5 Å². The minimum atomic E-state index is -0.262. The van der Waals surface area contributed by atoms with E-state index >= 15 is 0 Å². The number of benzene rings is 2. The number of nitriles is 1. The standard InChI is InChI=1S/C23H24ClN5O2.ClH/c1-2-31-21-6-4-16(12-20(21)24)14-26-22-19-11-15(13-25)3-5-18(19)23(28-27-22)29-9-7-17(30)8-10-29;/h3-6,11-12,17,30H,2,7-10,14H2,1H3,(H,26,27);1H. The fraction of sp³-hybridized carbons (Fsp3) is 0.348. The molecule has 2 aromatic carbocycles. The van der Waals surface area contributed by atoms with Crippen molar-refractivity contribution in [2.75, 3.05) is 29.9 Å². The van der Waals surface area contributed by atoms with Gasteiger partial charge in [0.25, 0.3) is 0 Å². The minimum absolute atomic E-state index is 0. The molecule has 0 atom stereocenters. The number of aliphatic hydroxyl groups excluding tert-OH is 1. The summed E-state index contributed by atoms with van der Waals surface area (Å²) < 4.78 is 5.49. The molecular weight excluding hydrogens is 449 g/mol. The first-order valence-electron chi connectivity index (χ1n) is 10.4. The Labute approximate surface area is 198 Å². The molecule has 0 saturated carbocycles. The lowest BCUT2D eigenvalue weighted by Crippen LogP contribution is -2.36. The maximum Gasteiger partial charge on any atom is 0.159 e. The molecule has 168 valence electrons. The first-order chi connectivity index (χ1) is 15.1. The van der Waals surface area contributed by atoms with Crippen LogP contribution in [0.2, 0.25) is 5.02 Å². The number of aliphatic hydroxyl groups is 1. The number of aromatic nitrogens is 2. The SMILES string of the molecule is CCOc1ccc(CNc2nnc(N3CCC(O)CC3)c3ccc(C#N)cc23)cc1Cl.Cl. The molecule has 1 saturated heterocycles. The van der Waals surface area contributed by atoms with Gasteiger partial charge in [-0.2, -0.15) is 5.26 Å². The largest absolute Gasteiger partial charge is 0.492 e. The predicted molar refractivity (Wildman–Crippen MR) is 129 cm³/mol. The third-order valence-electron chi connectivity index (χ3n) is 5.41. The highest BCUT2D eigenvalue weighted by atomic mass is 35.5. The van der Waals surface area contributed by atoms with E-state index in [0.717, 1.165) is 35.2 Å². The molecule has 3 aromatic rings. The van der Waals surface area contributed by atoms with Gasteiger partial charge in [-0.1, -0.05) is 17.7 Å². The number of ether oxygens (including phenoxy) is 1. The average molecular weight is 474 g/mol. The zero-order chi connectivity index (χ0) is 21.8. The topological polar surface area (TPSA) is 94.3 Å². The van der Waals surface area contributed by atoms with Crippen molar-refractivity contribution in [1.82, 2.24) is 10.2 Å². The summed E-state index contributed by atoms with van der Waals surface area (Å²) in [5, 5.41) is 33.8. The van der Waals surface area contributed by atoms with Gasteiger partial charge < -0.3 is 20.1 Å². The third kappa shape index (κ3) is 5.16. The number of nitrogens with zero attached hydrogens (tertiary/aromatic N) is 4. The molecular formula is C23H25Cl2N5O2. The summed E-state index contributed by atoms with van der Waals surface area (Å²) in [6.07, 6.45) is 1.15. The lowest BCUT2D eigenvalue weighted by molar-refractivity contribution is 0.145. The molecule has 1 fully saturated rings. The van der Waals surface area contributed by atoms with E-state index in [1.807, 2.05) is 37.3 Å². The smallest absolute Gasteiger partial charge is 0.159 e. The van der Waals surface area contributed by atoms with E-state index in [4.69, 9.17) is 16.3 Å². The van der Waals surface area contributed by atoms with Crippen molar-refractivity contribution >= 4 is 46.4 Å². The zero-order valence-electron chi connectivity index (χ0n) is 17.7. The van der Waals surface area contributed by atoms with Crippen LogP contribution < -0.4 is 15.0 Å². The quantitative estimate of drug-likeness (QED) is 0.541. The van der Waals surface area contributed by atoms with Crippen LogP contribution >= 0.6 is 24.0 Å². The Kier molecular flexibility index (Phi) is 7.97. The van der Waals surface area contributed by atoms with Crippen molar-refractivity contribution in [3.05, 3.63) is 52.5 Å². The van der Waals surface area contributed by atoms with Crippen LogP contribution in [0.15, 0.2) is 36.4 Å². The number of hydrogen-bond acceptors (Lipinski definition) is 7. The predicted octanol–water partition coefficient (Wildman–Crippen LogP) is 4.55. The van der Waals surface area contributed by atoms with Gasteiger partial charge in [0.1, 0.15) is 5.75 Å². The van der Waals surface area contributed by atoms with Crippen LogP contribution in [0.3, 0.4) is 0 Å². The molecule has 2 N–H and O–H groups in total. The van der Waals surface area contributed by atoms with Gasteiger partial charge in [0.05, 0.1) is 29.4 Å².